The summed E-state index contributed by atoms with van der Waals surface area (Å²) in [7, 11) is 2.03. The van der Waals surface area contributed by atoms with E-state index in [1.807, 2.05) is 36.2 Å². The molecular formula is C23H25FN6O2. The molecule has 0 saturated carbocycles. The number of nitrogens with zero attached hydrogens (tertiary/aromatic N) is 6. The predicted molar refractivity (Wildman–Crippen MR) is 120 cm³/mol. The zero-order valence-corrected chi connectivity index (χ0v) is 17.9. The van der Waals surface area contributed by atoms with Gasteiger partial charge in [0.05, 0.1) is 24.0 Å². The highest BCUT2D eigenvalue weighted by Gasteiger charge is 2.32. The standard InChI is InChI=1S/C23H25FN6O2/c1-27-11-7-23(32,8-12-27)15-29-16-25-21-20(22(29)31)14-26-30(21)19-4-2-3-18(13-19)28-9-5-17(24)6-10-28/h2-6,9,13-14,16,32H,7-8,10-12,15H2,1H3. The van der Waals surface area contributed by atoms with Crippen LogP contribution >= 0.6 is 0 Å². The Bertz CT molecular complexity index is 1270. The van der Waals surface area contributed by atoms with Gasteiger partial charge in [-0.3, -0.25) is 9.36 Å². The van der Waals surface area contributed by atoms with Crippen LogP contribution in [-0.2, 0) is 6.54 Å². The van der Waals surface area contributed by atoms with Crippen molar-refractivity contribution in [1.29, 1.82) is 0 Å². The molecule has 0 atom stereocenters. The van der Waals surface area contributed by atoms with Gasteiger partial charge in [-0.05, 0) is 50.2 Å². The van der Waals surface area contributed by atoms with Crippen LogP contribution in [0.5, 0.6) is 0 Å². The van der Waals surface area contributed by atoms with E-state index in [4.69, 9.17) is 0 Å². The number of rotatable bonds is 4. The number of hydrogen-bond acceptors (Lipinski definition) is 6. The largest absolute Gasteiger partial charge is 0.388 e. The van der Waals surface area contributed by atoms with Gasteiger partial charge in [0.1, 0.15) is 17.5 Å². The fourth-order valence-electron chi connectivity index (χ4n) is 4.23. The molecule has 9 heteroatoms. The van der Waals surface area contributed by atoms with Gasteiger partial charge in [-0.15, -0.1) is 0 Å². The Morgan fingerprint density at radius 1 is 1.22 bits per heavy atom. The quantitative estimate of drug-likeness (QED) is 0.676. The number of aromatic nitrogens is 4. The predicted octanol–water partition coefficient (Wildman–Crippen LogP) is 2.23. The van der Waals surface area contributed by atoms with Crippen molar-refractivity contribution >= 4 is 16.7 Å². The van der Waals surface area contributed by atoms with Crippen molar-refractivity contribution in [2.75, 3.05) is 31.6 Å². The molecular weight excluding hydrogens is 411 g/mol. The maximum absolute atomic E-state index is 13.3. The lowest BCUT2D eigenvalue weighted by Gasteiger charge is -2.36. The molecule has 166 valence electrons. The van der Waals surface area contributed by atoms with Gasteiger partial charge in [-0.2, -0.15) is 5.10 Å². The number of piperidine rings is 1. The molecule has 0 bridgehead atoms. The Morgan fingerprint density at radius 3 is 2.75 bits per heavy atom. The molecule has 8 nitrogen and oxygen atoms in total. The maximum Gasteiger partial charge on any atom is 0.264 e. The Kier molecular flexibility index (Phi) is 5.15. The second-order valence-corrected chi connectivity index (χ2v) is 8.58. The van der Waals surface area contributed by atoms with Gasteiger partial charge in [0.25, 0.3) is 5.56 Å². The Balaban J connectivity index is 1.45. The summed E-state index contributed by atoms with van der Waals surface area (Å²) in [5.41, 5.74) is 0.957. The van der Waals surface area contributed by atoms with Gasteiger partial charge in [-0.25, -0.2) is 14.1 Å². The minimum Gasteiger partial charge on any atom is -0.388 e. The maximum atomic E-state index is 13.3. The summed E-state index contributed by atoms with van der Waals surface area (Å²) in [6.45, 7) is 2.25. The average Bonchev–Trinajstić information content (AvgIpc) is 3.24. The first kappa shape index (κ1) is 20.6. The number of fused-ring (bicyclic) bond motifs is 1. The topological polar surface area (TPSA) is 79.4 Å². The van der Waals surface area contributed by atoms with Gasteiger partial charge in [0, 0.05) is 31.5 Å². The van der Waals surface area contributed by atoms with E-state index in [1.165, 1.54) is 29.2 Å². The van der Waals surface area contributed by atoms with Gasteiger partial charge < -0.3 is 14.9 Å². The van der Waals surface area contributed by atoms with Gasteiger partial charge in [0.15, 0.2) is 5.65 Å². The number of hydrogen-bond donors (Lipinski definition) is 1. The van der Waals surface area contributed by atoms with Crippen LogP contribution in [0.1, 0.15) is 12.8 Å². The van der Waals surface area contributed by atoms with E-state index in [0.717, 1.165) is 24.5 Å². The first-order valence-corrected chi connectivity index (χ1v) is 10.7. The third-order valence-corrected chi connectivity index (χ3v) is 6.24. The number of aliphatic hydroxyl groups is 1. The summed E-state index contributed by atoms with van der Waals surface area (Å²) in [5.74, 6) is -0.249. The fraction of sp³-hybridized carbons (Fsp3) is 0.348. The number of likely N-dealkylation sites (tertiary alicyclic amines) is 1. The molecule has 2 aliphatic rings. The molecule has 1 fully saturated rings. The summed E-state index contributed by atoms with van der Waals surface area (Å²) in [6, 6.07) is 7.62. The highest BCUT2D eigenvalue weighted by molar-refractivity contribution is 5.75. The van der Waals surface area contributed by atoms with Crippen LogP contribution in [0.15, 0.2) is 65.8 Å². The lowest BCUT2D eigenvalue weighted by molar-refractivity contribution is -0.0298. The molecule has 4 heterocycles. The normalized spacial score (nSPS) is 18.8. The highest BCUT2D eigenvalue weighted by Crippen LogP contribution is 2.25. The molecule has 0 radical (unpaired) electrons. The van der Waals surface area contributed by atoms with Crippen LogP contribution in [0.2, 0.25) is 0 Å². The number of allylic oxidation sites excluding steroid dienone is 2. The number of anilines is 1. The van der Waals surface area contributed by atoms with E-state index in [-0.39, 0.29) is 17.9 Å². The molecule has 1 aromatic carbocycles. The summed E-state index contributed by atoms with van der Waals surface area (Å²) in [4.78, 5) is 21.7. The van der Waals surface area contributed by atoms with Crippen LogP contribution in [0.3, 0.4) is 0 Å². The van der Waals surface area contributed by atoms with E-state index < -0.39 is 5.60 Å². The third kappa shape index (κ3) is 3.85. The Hall–Kier alpha value is -3.30. The Morgan fingerprint density at radius 2 is 2.00 bits per heavy atom. The van der Waals surface area contributed by atoms with Crippen molar-refractivity contribution in [2.45, 2.75) is 25.0 Å². The minimum absolute atomic E-state index is 0.217. The molecule has 3 aromatic rings. The number of benzene rings is 1. The summed E-state index contributed by atoms with van der Waals surface area (Å²) in [6.07, 6.45) is 8.86. The first-order valence-electron chi connectivity index (χ1n) is 10.7. The second-order valence-electron chi connectivity index (χ2n) is 8.58. The summed E-state index contributed by atoms with van der Waals surface area (Å²) in [5, 5.41) is 15.7. The molecule has 2 aliphatic heterocycles. The van der Waals surface area contributed by atoms with Crippen molar-refractivity contribution in [3.05, 3.63) is 71.3 Å². The molecule has 0 amide bonds. The smallest absolute Gasteiger partial charge is 0.264 e. The van der Waals surface area contributed by atoms with Crippen LogP contribution in [0, 0.1) is 0 Å². The zero-order chi connectivity index (χ0) is 22.3. The number of halogens is 1. The zero-order valence-electron chi connectivity index (χ0n) is 17.9. The Labute approximate surface area is 184 Å². The SMILES string of the molecule is CN1CCC(O)(Cn2cnc3c(cnn3-c3cccc(N4C=CC(F)=CC4)c3)c2=O)CC1. The van der Waals surface area contributed by atoms with Crippen molar-refractivity contribution in [3.8, 4) is 5.69 Å². The van der Waals surface area contributed by atoms with Crippen LogP contribution in [0.25, 0.3) is 16.7 Å². The second kappa shape index (κ2) is 7.99. The molecule has 2 aromatic heterocycles. The van der Waals surface area contributed by atoms with Gasteiger partial charge in [0.2, 0.25) is 0 Å². The van der Waals surface area contributed by atoms with Crippen molar-refractivity contribution in [2.24, 2.45) is 0 Å². The highest BCUT2D eigenvalue weighted by atomic mass is 19.1. The third-order valence-electron chi connectivity index (χ3n) is 6.24. The van der Waals surface area contributed by atoms with Crippen molar-refractivity contribution < 1.29 is 9.50 Å². The average molecular weight is 436 g/mol. The van der Waals surface area contributed by atoms with Crippen molar-refractivity contribution in [1.82, 2.24) is 24.2 Å². The van der Waals surface area contributed by atoms with Crippen molar-refractivity contribution in [3.63, 3.8) is 0 Å². The van der Waals surface area contributed by atoms with Gasteiger partial charge >= 0.3 is 0 Å². The van der Waals surface area contributed by atoms with E-state index in [2.05, 4.69) is 15.0 Å². The monoisotopic (exact) mass is 436 g/mol. The summed E-state index contributed by atoms with van der Waals surface area (Å²) < 4.78 is 16.4. The van der Waals surface area contributed by atoms with E-state index >= 15 is 0 Å². The molecule has 0 spiro atoms. The van der Waals surface area contributed by atoms with Crippen LogP contribution in [0.4, 0.5) is 10.1 Å². The molecule has 1 N–H and O–H groups in total. The molecule has 0 aliphatic carbocycles. The van der Waals surface area contributed by atoms with E-state index in [9.17, 15) is 14.3 Å². The lowest BCUT2D eigenvalue weighted by atomic mass is 9.91. The van der Waals surface area contributed by atoms with Gasteiger partial charge in [-0.1, -0.05) is 6.07 Å². The minimum atomic E-state index is -0.911. The molecule has 0 unspecified atom stereocenters. The lowest BCUT2D eigenvalue weighted by Crippen LogP contribution is -2.46. The molecule has 1 saturated heterocycles. The van der Waals surface area contributed by atoms with E-state index in [0.29, 0.717) is 30.4 Å². The fourth-order valence-corrected chi connectivity index (χ4v) is 4.23. The molecule has 32 heavy (non-hydrogen) atoms. The van der Waals surface area contributed by atoms with E-state index in [1.54, 1.807) is 10.9 Å². The van der Waals surface area contributed by atoms with Crippen LogP contribution in [-0.4, -0.2) is 61.6 Å². The summed E-state index contributed by atoms with van der Waals surface area (Å²) >= 11 is 0. The first-order chi connectivity index (χ1) is 15.4. The van der Waals surface area contributed by atoms with Crippen LogP contribution < -0.4 is 10.5 Å². The molecule has 5 rings (SSSR count).